The summed E-state index contributed by atoms with van der Waals surface area (Å²) in [6.45, 7) is 0.472. The molecule has 8 heteroatoms. The Hall–Kier alpha value is -1.51. The van der Waals surface area contributed by atoms with Crippen LogP contribution in [0.25, 0.3) is 0 Å². The monoisotopic (exact) mass is 411 g/mol. The van der Waals surface area contributed by atoms with E-state index in [2.05, 4.69) is 0 Å². The van der Waals surface area contributed by atoms with Crippen LogP contribution in [0.5, 0.6) is 5.75 Å². The lowest BCUT2D eigenvalue weighted by molar-refractivity contribution is -0.130. The number of ether oxygens (including phenoxy) is 1. The highest BCUT2D eigenvalue weighted by Gasteiger charge is 2.34. The molecule has 3 rings (SSSR count). The summed E-state index contributed by atoms with van der Waals surface area (Å²) in [7, 11) is -1.42. The molecule has 5 nitrogen and oxygen atoms in total. The van der Waals surface area contributed by atoms with E-state index in [1.165, 1.54) is 11.8 Å². The normalized spacial score (nSPS) is 18.6. The zero-order valence-corrected chi connectivity index (χ0v) is 16.9. The lowest BCUT2D eigenvalue weighted by atomic mass is 10.2. The predicted molar refractivity (Wildman–Crippen MR) is 106 cm³/mol. The second-order valence-corrected chi connectivity index (χ2v) is 10.4. The predicted octanol–water partition coefficient (Wildman–Crippen LogP) is 3.06. The molecule has 26 heavy (non-hydrogen) atoms. The van der Waals surface area contributed by atoms with Crippen LogP contribution in [0.1, 0.15) is 11.3 Å². The first kappa shape index (κ1) is 19.3. The molecular weight excluding hydrogens is 390 g/mol. The number of hydrogen-bond acceptors (Lipinski definition) is 6. The molecule has 0 radical (unpaired) electrons. The Labute approximate surface area is 162 Å². The molecule has 0 aliphatic carbocycles. The first-order valence-electron chi connectivity index (χ1n) is 8.26. The number of rotatable bonds is 7. The SMILES string of the molecule is COc1ccc(SCC(=O)N(Cc2cccs2)[C@H]2CCS(=O)(=O)C2)cc1. The molecular formula is C18H21NO4S3. The molecule has 1 aromatic carbocycles. The smallest absolute Gasteiger partial charge is 0.233 e. The molecule has 1 aromatic heterocycles. The maximum absolute atomic E-state index is 12.9. The standard InChI is InChI=1S/C18H21NO4S3/c1-23-15-4-6-16(7-5-15)25-12-18(20)19(11-17-3-2-9-24-17)14-8-10-26(21,22)13-14/h2-7,9,14H,8,10-13H2,1H3/t14-/m0/s1. The zero-order valence-electron chi connectivity index (χ0n) is 14.5. The Morgan fingerprint density at radius 1 is 1.31 bits per heavy atom. The lowest BCUT2D eigenvalue weighted by Gasteiger charge is -2.28. The van der Waals surface area contributed by atoms with Crippen LogP contribution in [0.4, 0.5) is 0 Å². The van der Waals surface area contributed by atoms with Gasteiger partial charge in [-0.3, -0.25) is 4.79 Å². The summed E-state index contributed by atoms with van der Waals surface area (Å²) in [6.07, 6.45) is 0.520. The van der Waals surface area contributed by atoms with Crippen molar-refractivity contribution in [3.63, 3.8) is 0 Å². The topological polar surface area (TPSA) is 63.7 Å². The largest absolute Gasteiger partial charge is 0.497 e. The Balaban J connectivity index is 1.67. The van der Waals surface area contributed by atoms with Gasteiger partial charge in [0, 0.05) is 15.8 Å². The maximum atomic E-state index is 12.9. The van der Waals surface area contributed by atoms with Gasteiger partial charge in [-0.25, -0.2) is 8.42 Å². The van der Waals surface area contributed by atoms with E-state index in [1.807, 2.05) is 41.8 Å². The van der Waals surface area contributed by atoms with Gasteiger partial charge in [-0.05, 0) is 42.1 Å². The fraction of sp³-hybridized carbons (Fsp3) is 0.389. The minimum absolute atomic E-state index is 0.0266. The highest BCUT2D eigenvalue weighted by atomic mass is 32.2. The van der Waals surface area contributed by atoms with Gasteiger partial charge in [-0.1, -0.05) is 6.07 Å². The van der Waals surface area contributed by atoms with E-state index in [-0.39, 0.29) is 29.2 Å². The van der Waals surface area contributed by atoms with Crippen molar-refractivity contribution in [2.24, 2.45) is 0 Å². The minimum atomic E-state index is -3.04. The van der Waals surface area contributed by atoms with Crippen LogP contribution in [0.3, 0.4) is 0 Å². The average Bonchev–Trinajstić information content (AvgIpc) is 3.27. The number of methoxy groups -OCH3 is 1. The summed E-state index contributed by atoms with van der Waals surface area (Å²) in [6, 6.07) is 11.2. The van der Waals surface area contributed by atoms with E-state index >= 15 is 0 Å². The van der Waals surface area contributed by atoms with Crippen LogP contribution in [0.2, 0.25) is 0 Å². The molecule has 1 fully saturated rings. The third-order valence-corrected chi connectivity index (χ3v) is 7.91. The molecule has 140 valence electrons. The number of thiophene rings is 1. The molecule has 1 amide bonds. The first-order valence-corrected chi connectivity index (χ1v) is 11.9. The Bertz CT molecular complexity index is 832. The molecule has 1 aliphatic heterocycles. The number of hydrogen-bond donors (Lipinski definition) is 0. The Morgan fingerprint density at radius 2 is 2.08 bits per heavy atom. The summed E-state index contributed by atoms with van der Waals surface area (Å²) >= 11 is 3.04. The van der Waals surface area contributed by atoms with Gasteiger partial charge in [0.25, 0.3) is 0 Å². The number of thioether (sulfide) groups is 1. The first-order chi connectivity index (χ1) is 12.5. The van der Waals surface area contributed by atoms with Crippen molar-refractivity contribution in [3.05, 3.63) is 46.7 Å². The molecule has 2 aromatic rings. The number of carbonyl (C=O) groups is 1. The second-order valence-electron chi connectivity index (χ2n) is 6.12. The van der Waals surface area contributed by atoms with Gasteiger partial charge in [-0.15, -0.1) is 23.1 Å². The Morgan fingerprint density at radius 3 is 2.65 bits per heavy atom. The second kappa shape index (κ2) is 8.45. The highest BCUT2D eigenvalue weighted by molar-refractivity contribution is 8.00. The van der Waals surface area contributed by atoms with Crippen LogP contribution in [0.15, 0.2) is 46.7 Å². The third-order valence-electron chi connectivity index (χ3n) is 4.30. The number of carbonyl (C=O) groups excluding carboxylic acids is 1. The van der Waals surface area contributed by atoms with E-state index in [4.69, 9.17) is 4.74 Å². The minimum Gasteiger partial charge on any atom is -0.497 e. The molecule has 0 saturated carbocycles. The molecule has 0 bridgehead atoms. The van der Waals surface area contributed by atoms with Crippen molar-refractivity contribution in [2.45, 2.75) is 23.9 Å². The van der Waals surface area contributed by atoms with Gasteiger partial charge in [0.15, 0.2) is 9.84 Å². The van der Waals surface area contributed by atoms with E-state index in [0.717, 1.165) is 15.5 Å². The van der Waals surface area contributed by atoms with Crippen LogP contribution >= 0.6 is 23.1 Å². The molecule has 1 aliphatic rings. The number of benzene rings is 1. The van der Waals surface area contributed by atoms with Gasteiger partial charge < -0.3 is 9.64 Å². The Kier molecular flexibility index (Phi) is 6.26. The van der Waals surface area contributed by atoms with Gasteiger partial charge in [0.2, 0.25) is 5.91 Å². The van der Waals surface area contributed by atoms with Crippen molar-refractivity contribution in [1.29, 1.82) is 0 Å². The van der Waals surface area contributed by atoms with Gasteiger partial charge in [-0.2, -0.15) is 0 Å². The van der Waals surface area contributed by atoms with Crippen LogP contribution in [-0.4, -0.2) is 49.6 Å². The summed E-state index contributed by atoms with van der Waals surface area (Å²) in [5, 5.41) is 1.97. The summed E-state index contributed by atoms with van der Waals surface area (Å²) < 4.78 is 28.9. The fourth-order valence-corrected chi connectivity index (χ4v) is 6.13. The molecule has 0 N–H and O–H groups in total. The lowest BCUT2D eigenvalue weighted by Crippen LogP contribution is -2.41. The third kappa shape index (κ3) is 5.02. The van der Waals surface area contributed by atoms with E-state index < -0.39 is 9.84 Å². The van der Waals surface area contributed by atoms with Crippen LogP contribution in [-0.2, 0) is 21.2 Å². The van der Waals surface area contributed by atoms with E-state index in [9.17, 15) is 13.2 Å². The molecule has 0 spiro atoms. The van der Waals surface area contributed by atoms with Crippen molar-refractivity contribution in [1.82, 2.24) is 4.90 Å². The fourth-order valence-electron chi connectivity index (χ4n) is 2.91. The maximum Gasteiger partial charge on any atom is 0.233 e. The van der Waals surface area contributed by atoms with E-state index in [1.54, 1.807) is 23.3 Å². The summed E-state index contributed by atoms with van der Waals surface area (Å²) in [5.41, 5.74) is 0. The van der Waals surface area contributed by atoms with Gasteiger partial charge >= 0.3 is 0 Å². The van der Waals surface area contributed by atoms with Crippen LogP contribution < -0.4 is 4.74 Å². The summed E-state index contributed by atoms with van der Waals surface area (Å²) in [4.78, 5) is 16.6. The van der Waals surface area contributed by atoms with Crippen molar-refractivity contribution < 1.29 is 17.9 Å². The zero-order chi connectivity index (χ0) is 18.6. The van der Waals surface area contributed by atoms with Crippen molar-refractivity contribution in [2.75, 3.05) is 24.4 Å². The quantitative estimate of drug-likeness (QED) is 0.655. The highest BCUT2D eigenvalue weighted by Crippen LogP contribution is 2.25. The molecule has 0 unspecified atom stereocenters. The van der Waals surface area contributed by atoms with Crippen LogP contribution in [0, 0.1) is 0 Å². The number of amides is 1. The van der Waals surface area contributed by atoms with Crippen molar-refractivity contribution in [3.8, 4) is 5.75 Å². The molecule has 2 heterocycles. The molecule has 1 atom stereocenters. The molecule has 1 saturated heterocycles. The van der Waals surface area contributed by atoms with Gasteiger partial charge in [0.05, 0.1) is 30.9 Å². The number of sulfone groups is 1. The van der Waals surface area contributed by atoms with Gasteiger partial charge in [0.1, 0.15) is 5.75 Å². The van der Waals surface area contributed by atoms with Crippen molar-refractivity contribution >= 4 is 38.8 Å². The average molecular weight is 412 g/mol. The van der Waals surface area contributed by atoms with E-state index in [0.29, 0.717) is 13.0 Å². The summed E-state index contributed by atoms with van der Waals surface area (Å²) in [5.74, 6) is 1.26. The number of nitrogens with zero attached hydrogens (tertiary/aromatic N) is 1.